The summed E-state index contributed by atoms with van der Waals surface area (Å²) in [5.41, 5.74) is -0.0620. The highest BCUT2D eigenvalue weighted by atomic mass is 19.3. The summed E-state index contributed by atoms with van der Waals surface area (Å²) in [5, 5.41) is 6.28. The number of anilines is 1. The zero-order valence-corrected chi connectivity index (χ0v) is 19.9. The summed E-state index contributed by atoms with van der Waals surface area (Å²) in [4.78, 5) is 28.6. The first-order valence-corrected chi connectivity index (χ1v) is 12.3. The van der Waals surface area contributed by atoms with E-state index >= 15 is 0 Å². The van der Waals surface area contributed by atoms with Crippen LogP contribution in [0.4, 0.5) is 18.9 Å². The van der Waals surface area contributed by atoms with Gasteiger partial charge in [-0.25, -0.2) is 13.2 Å². The van der Waals surface area contributed by atoms with Gasteiger partial charge in [0.1, 0.15) is 5.82 Å². The van der Waals surface area contributed by atoms with E-state index in [0.717, 1.165) is 44.8 Å². The number of nitrogens with zero attached hydrogens (tertiary/aromatic N) is 2. The van der Waals surface area contributed by atoms with Crippen LogP contribution in [0.25, 0.3) is 0 Å². The lowest BCUT2D eigenvalue weighted by Gasteiger charge is -2.37. The predicted octanol–water partition coefficient (Wildman–Crippen LogP) is 4.50. The smallest absolute Gasteiger partial charge is 0.266 e. The van der Waals surface area contributed by atoms with Crippen LogP contribution >= 0.6 is 0 Å². The van der Waals surface area contributed by atoms with E-state index in [-0.39, 0.29) is 23.2 Å². The summed E-state index contributed by atoms with van der Waals surface area (Å²) < 4.78 is 42.6. The Hall–Kier alpha value is -2.81. The van der Waals surface area contributed by atoms with Crippen LogP contribution in [0.2, 0.25) is 0 Å². The number of carbonyl (C=O) groups excluding carboxylic acids is 1. The quantitative estimate of drug-likeness (QED) is 0.602. The fourth-order valence-electron chi connectivity index (χ4n) is 5.78. The van der Waals surface area contributed by atoms with Crippen molar-refractivity contribution in [3.63, 3.8) is 0 Å². The number of fused-ring (bicyclic) bond motifs is 2. The van der Waals surface area contributed by atoms with Crippen molar-refractivity contribution in [1.29, 1.82) is 0 Å². The molecule has 35 heavy (non-hydrogen) atoms. The molecule has 3 fully saturated rings. The van der Waals surface area contributed by atoms with Gasteiger partial charge in [0.05, 0.1) is 22.9 Å². The average Bonchev–Trinajstić information content (AvgIpc) is 3.60. The van der Waals surface area contributed by atoms with E-state index in [1.54, 1.807) is 17.7 Å². The molecule has 0 unspecified atom stereocenters. The van der Waals surface area contributed by atoms with Crippen molar-refractivity contribution in [3.8, 4) is 0 Å². The zero-order valence-electron chi connectivity index (χ0n) is 19.9. The minimum absolute atomic E-state index is 0.00506. The molecule has 188 valence electrons. The van der Waals surface area contributed by atoms with Gasteiger partial charge in [-0.1, -0.05) is 18.2 Å². The van der Waals surface area contributed by atoms with Gasteiger partial charge in [0, 0.05) is 43.0 Å². The maximum atomic E-state index is 14.7. The molecule has 2 aromatic rings. The Morgan fingerprint density at radius 2 is 1.74 bits per heavy atom. The van der Waals surface area contributed by atoms with Crippen LogP contribution in [0.15, 0.2) is 35.3 Å². The Kier molecular flexibility index (Phi) is 6.38. The van der Waals surface area contributed by atoms with Crippen molar-refractivity contribution in [2.45, 2.75) is 57.2 Å². The van der Waals surface area contributed by atoms with Crippen molar-refractivity contribution < 1.29 is 18.0 Å². The first-order valence-electron chi connectivity index (χ1n) is 12.3. The number of aromatic nitrogens is 1. The molecule has 0 radical (unpaired) electrons. The predicted molar refractivity (Wildman–Crippen MR) is 127 cm³/mol. The standard InChI is InChI=1S/C26H31F3N4O2/c1-14(18-4-3-5-19(23(18)27)25(28)29)30-26(35)20-13-33(17-8-9-17)22(34)10-21(20)31-24-15-6-7-16(24)12-32(2)11-15/h3-5,10,13-17,24-25,31H,6-9,11-12H2,1-2H3,(H,30,35)/t14-,15-,16+,24+/m1/s1. The first kappa shape index (κ1) is 23.9. The van der Waals surface area contributed by atoms with Crippen molar-refractivity contribution >= 4 is 11.6 Å². The number of hydrogen-bond donors (Lipinski definition) is 2. The van der Waals surface area contributed by atoms with E-state index in [0.29, 0.717) is 23.1 Å². The van der Waals surface area contributed by atoms with Crippen LogP contribution in [-0.2, 0) is 0 Å². The number of amides is 1. The SMILES string of the molecule is C[C@@H](NC(=O)c1cn(C2CC2)c(=O)cc1N[C@H]1[C@@H]2CC[C@H]1CN(C)C2)c1cccc(C(F)F)c1F. The lowest BCUT2D eigenvalue weighted by Crippen LogP contribution is -2.46. The molecule has 1 amide bonds. The maximum Gasteiger partial charge on any atom is 0.266 e. The van der Waals surface area contributed by atoms with E-state index in [1.807, 2.05) is 0 Å². The Morgan fingerprint density at radius 3 is 2.37 bits per heavy atom. The zero-order chi connectivity index (χ0) is 24.9. The van der Waals surface area contributed by atoms with Crippen LogP contribution in [0.1, 0.15) is 72.6 Å². The minimum atomic E-state index is -2.94. The molecule has 3 aliphatic rings. The number of likely N-dealkylation sites (tertiary alicyclic amines) is 1. The van der Waals surface area contributed by atoms with Crippen LogP contribution in [0.5, 0.6) is 0 Å². The summed E-state index contributed by atoms with van der Waals surface area (Å²) in [6.45, 7) is 3.49. The second-order valence-electron chi connectivity index (χ2n) is 10.3. The molecule has 6 nitrogen and oxygen atoms in total. The third kappa shape index (κ3) is 4.70. The molecule has 1 aromatic heterocycles. The summed E-state index contributed by atoms with van der Waals surface area (Å²) in [6, 6.07) is 4.71. The molecule has 2 N–H and O–H groups in total. The fraction of sp³-hybridized carbons (Fsp3) is 0.538. The molecule has 1 aliphatic heterocycles. The molecule has 2 aliphatic carbocycles. The van der Waals surface area contributed by atoms with Gasteiger partial charge in [-0.2, -0.15) is 0 Å². The minimum Gasteiger partial charge on any atom is -0.381 e. The average molecular weight is 489 g/mol. The highest BCUT2D eigenvalue weighted by Crippen LogP contribution is 2.39. The van der Waals surface area contributed by atoms with E-state index in [1.165, 1.54) is 18.2 Å². The second-order valence-corrected chi connectivity index (χ2v) is 10.3. The monoisotopic (exact) mass is 488 g/mol. The molecule has 9 heteroatoms. The largest absolute Gasteiger partial charge is 0.381 e. The fourth-order valence-corrected chi connectivity index (χ4v) is 5.78. The van der Waals surface area contributed by atoms with Gasteiger partial charge in [0.25, 0.3) is 17.9 Å². The number of rotatable bonds is 7. The van der Waals surface area contributed by atoms with Crippen LogP contribution < -0.4 is 16.2 Å². The first-order chi connectivity index (χ1) is 16.7. The van der Waals surface area contributed by atoms with Crippen LogP contribution in [0.3, 0.4) is 0 Å². The number of piperidine rings is 1. The van der Waals surface area contributed by atoms with Gasteiger partial charge in [-0.3, -0.25) is 9.59 Å². The van der Waals surface area contributed by atoms with Gasteiger partial charge in [-0.15, -0.1) is 0 Å². The van der Waals surface area contributed by atoms with Gasteiger partial charge in [0.15, 0.2) is 0 Å². The number of pyridine rings is 1. The molecule has 0 spiro atoms. The van der Waals surface area contributed by atoms with Gasteiger partial charge in [0.2, 0.25) is 0 Å². The van der Waals surface area contributed by atoms with Gasteiger partial charge < -0.3 is 20.1 Å². The molecule has 2 bridgehead atoms. The van der Waals surface area contributed by atoms with Crippen molar-refractivity contribution in [3.05, 3.63) is 63.3 Å². The second kappa shape index (κ2) is 9.33. The Labute approximate surface area is 202 Å². The van der Waals surface area contributed by atoms with Crippen molar-refractivity contribution in [2.24, 2.45) is 11.8 Å². The van der Waals surface area contributed by atoms with E-state index in [2.05, 4.69) is 22.6 Å². The molecule has 4 atom stereocenters. The topological polar surface area (TPSA) is 66.4 Å². The van der Waals surface area contributed by atoms with Crippen LogP contribution in [-0.4, -0.2) is 41.6 Å². The lowest BCUT2D eigenvalue weighted by atomic mass is 9.92. The van der Waals surface area contributed by atoms with E-state index in [4.69, 9.17) is 0 Å². The van der Waals surface area contributed by atoms with Crippen molar-refractivity contribution in [1.82, 2.24) is 14.8 Å². The third-order valence-electron chi connectivity index (χ3n) is 7.71. The van der Waals surface area contributed by atoms with E-state index in [9.17, 15) is 22.8 Å². The number of nitrogens with one attached hydrogen (secondary N) is 2. The maximum absolute atomic E-state index is 14.7. The molecule has 2 saturated carbocycles. The molecule has 1 saturated heterocycles. The highest BCUT2D eigenvalue weighted by molar-refractivity contribution is 5.99. The normalized spacial score (nSPS) is 25.0. The number of halogens is 3. The van der Waals surface area contributed by atoms with E-state index < -0.39 is 29.8 Å². The Morgan fingerprint density at radius 1 is 1.09 bits per heavy atom. The highest BCUT2D eigenvalue weighted by Gasteiger charge is 2.41. The molecule has 2 heterocycles. The number of benzene rings is 1. The molecular formula is C26H31F3N4O2. The molecule has 5 rings (SSSR count). The summed E-state index contributed by atoms with van der Waals surface area (Å²) in [6.07, 6.45) is 2.62. The Balaban J connectivity index is 1.43. The Bertz CT molecular complexity index is 1170. The number of alkyl halides is 2. The summed E-state index contributed by atoms with van der Waals surface area (Å²) in [5.74, 6) is -0.618. The number of hydrogen-bond acceptors (Lipinski definition) is 4. The summed E-state index contributed by atoms with van der Waals surface area (Å²) in [7, 11) is 2.11. The summed E-state index contributed by atoms with van der Waals surface area (Å²) >= 11 is 0. The third-order valence-corrected chi connectivity index (χ3v) is 7.71. The van der Waals surface area contributed by atoms with Crippen molar-refractivity contribution in [2.75, 3.05) is 25.5 Å². The lowest BCUT2D eigenvalue weighted by molar-refractivity contribution is 0.0939. The van der Waals surface area contributed by atoms with Gasteiger partial charge >= 0.3 is 0 Å². The van der Waals surface area contributed by atoms with Gasteiger partial charge in [-0.05, 0) is 51.5 Å². The van der Waals surface area contributed by atoms with Crippen LogP contribution in [0, 0.1) is 17.7 Å². The molecule has 1 aromatic carbocycles. The molecular weight excluding hydrogens is 457 g/mol. The number of carbonyl (C=O) groups is 1.